The molecule has 21 heavy (non-hydrogen) atoms. The Labute approximate surface area is 134 Å². The first kappa shape index (κ1) is 14.5. The molecule has 1 N–H and O–H groups in total. The van der Waals surface area contributed by atoms with Crippen molar-refractivity contribution in [2.24, 2.45) is 0 Å². The molecule has 0 amide bonds. The van der Waals surface area contributed by atoms with Gasteiger partial charge in [0.2, 0.25) is 0 Å². The average Bonchev–Trinajstić information content (AvgIpc) is 2.46. The van der Waals surface area contributed by atoms with E-state index in [-0.39, 0.29) is 0 Å². The van der Waals surface area contributed by atoms with E-state index < -0.39 is 0 Å². The fraction of sp³-hybridized carbons (Fsp3) is 0.333. The third-order valence-corrected chi connectivity index (χ3v) is 4.74. The van der Waals surface area contributed by atoms with E-state index in [1.807, 2.05) is 19.1 Å². The first-order valence-corrected chi connectivity index (χ1v) is 8.29. The number of benzene rings is 2. The van der Waals surface area contributed by atoms with Crippen LogP contribution in [0.25, 0.3) is 0 Å². The number of nitrogens with one attached hydrogen (secondary N) is 1. The second-order valence-corrected chi connectivity index (χ2v) is 6.34. The molecule has 110 valence electrons. The van der Waals surface area contributed by atoms with Gasteiger partial charge >= 0.3 is 0 Å². The maximum atomic E-state index is 5.46. The monoisotopic (exact) mass is 345 g/mol. The van der Waals surface area contributed by atoms with Crippen LogP contribution in [0.2, 0.25) is 0 Å². The highest BCUT2D eigenvalue weighted by Crippen LogP contribution is 2.41. The van der Waals surface area contributed by atoms with Crippen LogP contribution in [0.4, 0.5) is 5.69 Å². The van der Waals surface area contributed by atoms with Crippen molar-refractivity contribution < 1.29 is 4.74 Å². The molecule has 3 rings (SSSR count). The van der Waals surface area contributed by atoms with E-state index in [1.54, 1.807) is 0 Å². The lowest BCUT2D eigenvalue weighted by Crippen LogP contribution is -2.34. The molecule has 0 aliphatic heterocycles. The minimum atomic E-state index is 0.569. The van der Waals surface area contributed by atoms with E-state index in [1.165, 1.54) is 28.6 Å². The van der Waals surface area contributed by atoms with E-state index in [4.69, 9.17) is 4.74 Å². The summed E-state index contributed by atoms with van der Waals surface area (Å²) in [6.45, 7) is 2.71. The highest BCUT2D eigenvalue weighted by atomic mass is 79.9. The van der Waals surface area contributed by atoms with Crippen molar-refractivity contribution in [3.8, 4) is 5.75 Å². The zero-order chi connectivity index (χ0) is 14.7. The van der Waals surface area contributed by atoms with Crippen LogP contribution >= 0.6 is 15.9 Å². The fourth-order valence-electron chi connectivity index (χ4n) is 2.85. The quantitative estimate of drug-likeness (QED) is 0.803. The largest absolute Gasteiger partial charge is 0.494 e. The second-order valence-electron chi connectivity index (χ2n) is 5.49. The average molecular weight is 346 g/mol. The fourth-order valence-corrected chi connectivity index (χ4v) is 3.45. The molecule has 0 atom stereocenters. The summed E-state index contributed by atoms with van der Waals surface area (Å²) in [5.74, 6) is 1.60. The van der Waals surface area contributed by atoms with Gasteiger partial charge in [0.05, 0.1) is 6.61 Å². The number of hydrogen-bond acceptors (Lipinski definition) is 2. The number of hydrogen-bond donors (Lipinski definition) is 1. The topological polar surface area (TPSA) is 21.3 Å². The van der Waals surface area contributed by atoms with Crippen molar-refractivity contribution in [3.63, 3.8) is 0 Å². The summed E-state index contributed by atoms with van der Waals surface area (Å²) in [4.78, 5) is 0. The normalized spacial score (nSPS) is 20.7. The lowest BCUT2D eigenvalue weighted by molar-refractivity contribution is 0.340. The lowest BCUT2D eigenvalue weighted by atomic mass is 9.76. The van der Waals surface area contributed by atoms with Gasteiger partial charge in [0, 0.05) is 16.2 Å². The van der Waals surface area contributed by atoms with E-state index >= 15 is 0 Å². The third kappa shape index (κ3) is 3.41. The first-order valence-electron chi connectivity index (χ1n) is 7.50. The molecule has 1 fully saturated rings. The van der Waals surface area contributed by atoms with Crippen molar-refractivity contribution in [1.29, 1.82) is 0 Å². The molecule has 0 bridgehead atoms. The highest BCUT2D eigenvalue weighted by molar-refractivity contribution is 9.10. The molecule has 2 nitrogen and oxygen atoms in total. The summed E-state index contributed by atoms with van der Waals surface area (Å²) in [7, 11) is 0. The molecule has 1 aliphatic rings. The van der Waals surface area contributed by atoms with Gasteiger partial charge in [-0.15, -0.1) is 0 Å². The van der Waals surface area contributed by atoms with Crippen LogP contribution in [-0.2, 0) is 0 Å². The maximum Gasteiger partial charge on any atom is 0.119 e. The van der Waals surface area contributed by atoms with Gasteiger partial charge in [0.25, 0.3) is 0 Å². The predicted octanol–water partition coefficient (Wildman–Crippen LogP) is 5.21. The van der Waals surface area contributed by atoms with Crippen molar-refractivity contribution in [1.82, 2.24) is 0 Å². The van der Waals surface area contributed by atoms with Crippen molar-refractivity contribution >= 4 is 21.6 Å². The van der Waals surface area contributed by atoms with Gasteiger partial charge in [-0.3, -0.25) is 0 Å². The Morgan fingerprint density at radius 2 is 1.81 bits per heavy atom. The summed E-state index contributed by atoms with van der Waals surface area (Å²) in [6, 6.07) is 17.3. The van der Waals surface area contributed by atoms with Crippen LogP contribution in [-0.4, -0.2) is 12.6 Å². The Kier molecular flexibility index (Phi) is 4.49. The van der Waals surface area contributed by atoms with Crippen molar-refractivity contribution in [2.75, 3.05) is 11.9 Å². The summed E-state index contributed by atoms with van der Waals surface area (Å²) in [5, 5.41) is 3.60. The van der Waals surface area contributed by atoms with Gasteiger partial charge < -0.3 is 10.1 Å². The third-order valence-electron chi connectivity index (χ3n) is 4.02. The van der Waals surface area contributed by atoms with Gasteiger partial charge in [0.15, 0.2) is 0 Å². The molecule has 2 aromatic rings. The zero-order valence-electron chi connectivity index (χ0n) is 12.2. The molecule has 2 aromatic carbocycles. The van der Waals surface area contributed by atoms with Crippen LogP contribution < -0.4 is 10.1 Å². The molecule has 0 spiro atoms. The minimum absolute atomic E-state index is 0.569. The Morgan fingerprint density at radius 1 is 1.10 bits per heavy atom. The predicted molar refractivity (Wildman–Crippen MR) is 91.1 cm³/mol. The Bertz CT molecular complexity index is 590. The Hall–Kier alpha value is -1.48. The van der Waals surface area contributed by atoms with E-state index in [2.05, 4.69) is 57.6 Å². The van der Waals surface area contributed by atoms with Crippen LogP contribution in [0.3, 0.4) is 0 Å². The smallest absolute Gasteiger partial charge is 0.119 e. The van der Waals surface area contributed by atoms with Gasteiger partial charge in [-0.1, -0.05) is 34.1 Å². The lowest BCUT2D eigenvalue weighted by Gasteiger charge is -2.37. The summed E-state index contributed by atoms with van der Waals surface area (Å²) >= 11 is 3.65. The van der Waals surface area contributed by atoms with Crippen molar-refractivity contribution in [2.45, 2.75) is 31.7 Å². The van der Waals surface area contributed by atoms with Crippen LogP contribution in [0, 0.1) is 0 Å². The number of halogens is 1. The summed E-state index contributed by atoms with van der Waals surface area (Å²) in [6.07, 6.45) is 2.38. The Morgan fingerprint density at radius 3 is 2.48 bits per heavy atom. The molecule has 0 heterocycles. The van der Waals surface area contributed by atoms with Crippen LogP contribution in [0.15, 0.2) is 53.0 Å². The molecular formula is C18H20BrNO. The molecule has 0 aromatic heterocycles. The van der Waals surface area contributed by atoms with Crippen LogP contribution in [0.1, 0.15) is 31.2 Å². The summed E-state index contributed by atoms with van der Waals surface area (Å²) < 4.78 is 6.69. The molecular weight excluding hydrogens is 326 g/mol. The first-order chi connectivity index (χ1) is 10.3. The summed E-state index contributed by atoms with van der Waals surface area (Å²) in [5.41, 5.74) is 2.61. The molecule has 0 saturated heterocycles. The Balaban J connectivity index is 1.54. The molecule has 3 heteroatoms. The van der Waals surface area contributed by atoms with Gasteiger partial charge in [-0.25, -0.2) is 0 Å². The van der Waals surface area contributed by atoms with Gasteiger partial charge in [-0.2, -0.15) is 0 Å². The molecule has 1 aliphatic carbocycles. The maximum absolute atomic E-state index is 5.46. The molecule has 0 unspecified atom stereocenters. The SMILES string of the molecule is CCOc1ccc(NC2CC(c3ccccc3Br)C2)cc1. The standard InChI is InChI=1S/C18H20BrNO/c1-2-21-16-9-7-14(8-10-16)20-15-11-13(12-15)17-5-3-4-6-18(17)19/h3-10,13,15,20H,2,11-12H2,1H3. The second kappa shape index (κ2) is 6.52. The van der Waals surface area contributed by atoms with Crippen molar-refractivity contribution in [3.05, 3.63) is 58.6 Å². The van der Waals surface area contributed by atoms with E-state index in [0.717, 1.165) is 5.75 Å². The number of anilines is 1. The zero-order valence-corrected chi connectivity index (χ0v) is 13.8. The highest BCUT2D eigenvalue weighted by Gasteiger charge is 2.31. The number of rotatable bonds is 5. The van der Waals surface area contributed by atoms with E-state index in [0.29, 0.717) is 18.6 Å². The molecule has 0 radical (unpaired) electrons. The van der Waals surface area contributed by atoms with E-state index in [9.17, 15) is 0 Å². The minimum Gasteiger partial charge on any atom is -0.494 e. The molecule has 1 saturated carbocycles. The van der Waals surface area contributed by atoms with Crippen LogP contribution in [0.5, 0.6) is 5.75 Å². The van der Waals surface area contributed by atoms with Gasteiger partial charge in [-0.05, 0) is 61.6 Å². The van der Waals surface area contributed by atoms with Gasteiger partial charge in [0.1, 0.15) is 5.75 Å². The number of ether oxygens (including phenoxy) is 1.